The van der Waals surface area contributed by atoms with Crippen LogP contribution in [0.3, 0.4) is 0 Å². The lowest BCUT2D eigenvalue weighted by molar-refractivity contribution is -0.122. The van der Waals surface area contributed by atoms with Crippen molar-refractivity contribution >= 4 is 50.7 Å². The maximum atomic E-state index is 12.1. The minimum absolute atomic E-state index is 0.129. The number of rotatable bonds is 4. The minimum atomic E-state index is -0.823. The number of pyridine rings is 1. The summed E-state index contributed by atoms with van der Waals surface area (Å²) in [6.07, 6.45) is 0.656. The van der Waals surface area contributed by atoms with Crippen molar-refractivity contribution in [2.45, 2.75) is 13.0 Å². The van der Waals surface area contributed by atoms with E-state index in [-0.39, 0.29) is 5.69 Å². The molecule has 1 amide bonds. The van der Waals surface area contributed by atoms with Gasteiger partial charge in [-0.2, -0.15) is 0 Å². The molecule has 0 bridgehead atoms. The first-order valence-corrected chi connectivity index (χ1v) is 7.72. The van der Waals surface area contributed by atoms with E-state index in [1.807, 2.05) is 0 Å². The predicted octanol–water partition coefficient (Wildman–Crippen LogP) is 3.85. The van der Waals surface area contributed by atoms with Gasteiger partial charge < -0.3 is 15.0 Å². The Morgan fingerprint density at radius 1 is 1.32 bits per heavy atom. The smallest absolute Gasteiger partial charge is 0.271 e. The maximum absolute atomic E-state index is 12.1. The molecule has 2 rings (SSSR count). The number of nitrogens with one attached hydrogen (secondary N) is 2. The number of aromatic nitrogens is 1. The number of H-pyrrole nitrogens is 1. The van der Waals surface area contributed by atoms with E-state index in [0.717, 1.165) is 0 Å². The van der Waals surface area contributed by atoms with E-state index in [9.17, 15) is 9.59 Å². The first-order chi connectivity index (χ1) is 10.4. The second-order valence-corrected chi connectivity index (χ2v) is 6.12. The van der Waals surface area contributed by atoms with Crippen molar-refractivity contribution in [2.24, 2.45) is 0 Å². The van der Waals surface area contributed by atoms with Gasteiger partial charge in [0.05, 0.1) is 10.0 Å². The fraction of sp³-hybridized carbons (Fsp3) is 0.143. The molecule has 116 valence electrons. The van der Waals surface area contributed by atoms with Gasteiger partial charge in [0.25, 0.3) is 11.5 Å². The number of hydrogen-bond donors (Lipinski definition) is 2. The number of carbonyl (C=O) groups is 1. The number of ether oxygens (including phenoxy) is 1. The molecular weight excluding hydrogens is 395 g/mol. The first-order valence-electron chi connectivity index (χ1n) is 6.17. The Labute approximate surface area is 144 Å². The molecule has 2 N–H and O–H groups in total. The van der Waals surface area contributed by atoms with Gasteiger partial charge >= 0.3 is 0 Å². The molecule has 1 heterocycles. The van der Waals surface area contributed by atoms with Crippen LogP contribution in [0.4, 0.5) is 5.69 Å². The number of benzene rings is 1. The Balaban J connectivity index is 2.07. The topological polar surface area (TPSA) is 71.2 Å². The van der Waals surface area contributed by atoms with Gasteiger partial charge in [-0.25, -0.2) is 0 Å². The number of halogens is 3. The quantitative estimate of drug-likeness (QED) is 0.811. The van der Waals surface area contributed by atoms with Crippen LogP contribution in [0.1, 0.15) is 6.92 Å². The molecule has 1 aromatic heterocycles. The molecule has 1 unspecified atom stereocenters. The Morgan fingerprint density at radius 2 is 2.05 bits per heavy atom. The maximum Gasteiger partial charge on any atom is 0.271 e. The van der Waals surface area contributed by atoms with Crippen LogP contribution in [0.2, 0.25) is 10.0 Å². The summed E-state index contributed by atoms with van der Waals surface area (Å²) >= 11 is 14.9. The van der Waals surface area contributed by atoms with Gasteiger partial charge in [-0.3, -0.25) is 9.59 Å². The average Bonchev–Trinajstić information content (AvgIpc) is 2.46. The average molecular weight is 406 g/mol. The standard InChI is InChI=1S/C14H11BrCl2N2O3/c1-7(22-9-2-3-10(16)11(17)5-9)13(20)19-12-4-8(15)6-18-14(12)21/h2-7H,1H3,(H,18,21)(H,19,20). The fourth-order valence-corrected chi connectivity index (χ4v) is 2.22. The van der Waals surface area contributed by atoms with Crippen molar-refractivity contribution in [3.63, 3.8) is 0 Å². The SMILES string of the molecule is CC(Oc1ccc(Cl)c(Cl)c1)C(=O)Nc1cc(Br)c[nH]c1=O. The monoisotopic (exact) mass is 404 g/mol. The van der Waals surface area contributed by atoms with Crippen LogP contribution in [-0.4, -0.2) is 17.0 Å². The summed E-state index contributed by atoms with van der Waals surface area (Å²) in [5.74, 6) is -0.0603. The van der Waals surface area contributed by atoms with E-state index in [2.05, 4.69) is 26.2 Å². The van der Waals surface area contributed by atoms with Crippen LogP contribution in [0.15, 0.2) is 39.7 Å². The van der Waals surface area contributed by atoms with Crippen molar-refractivity contribution < 1.29 is 9.53 Å². The van der Waals surface area contributed by atoms with Gasteiger partial charge in [0.2, 0.25) is 0 Å². The summed E-state index contributed by atoms with van der Waals surface area (Å²) in [7, 11) is 0. The minimum Gasteiger partial charge on any atom is -0.481 e. The molecule has 0 fully saturated rings. The van der Waals surface area contributed by atoms with Crippen LogP contribution in [0, 0.1) is 0 Å². The summed E-state index contributed by atoms with van der Waals surface area (Å²) in [4.78, 5) is 26.2. The van der Waals surface area contributed by atoms with Crippen molar-refractivity contribution in [3.8, 4) is 5.75 Å². The Morgan fingerprint density at radius 3 is 2.73 bits per heavy atom. The number of carbonyl (C=O) groups excluding carboxylic acids is 1. The van der Waals surface area contributed by atoms with E-state index in [1.54, 1.807) is 19.1 Å². The zero-order valence-electron chi connectivity index (χ0n) is 11.3. The molecule has 0 aliphatic heterocycles. The molecular formula is C14H11BrCl2N2O3. The summed E-state index contributed by atoms with van der Waals surface area (Å²) in [6.45, 7) is 1.56. The van der Waals surface area contributed by atoms with E-state index < -0.39 is 17.6 Å². The zero-order valence-corrected chi connectivity index (χ0v) is 14.4. The molecule has 8 heteroatoms. The molecule has 1 aromatic carbocycles. The summed E-state index contributed by atoms with van der Waals surface area (Å²) < 4.78 is 6.11. The summed E-state index contributed by atoms with van der Waals surface area (Å²) in [5.41, 5.74) is -0.276. The van der Waals surface area contributed by atoms with Gasteiger partial charge in [-0.05, 0) is 41.1 Å². The number of amides is 1. The first kappa shape index (κ1) is 16.9. The molecule has 0 spiro atoms. The normalized spacial score (nSPS) is 11.8. The van der Waals surface area contributed by atoms with Crippen molar-refractivity contribution in [1.82, 2.24) is 4.98 Å². The van der Waals surface area contributed by atoms with Gasteiger partial charge in [0.15, 0.2) is 6.10 Å². The zero-order chi connectivity index (χ0) is 16.3. The summed E-state index contributed by atoms with van der Waals surface area (Å²) in [6, 6.07) is 6.19. The highest BCUT2D eigenvalue weighted by Gasteiger charge is 2.17. The molecule has 5 nitrogen and oxygen atoms in total. The van der Waals surface area contributed by atoms with Crippen LogP contribution >= 0.6 is 39.1 Å². The Hall–Kier alpha value is -1.50. The molecule has 0 saturated carbocycles. The predicted molar refractivity (Wildman–Crippen MR) is 89.9 cm³/mol. The third-order valence-corrected chi connectivity index (χ3v) is 3.90. The molecule has 0 radical (unpaired) electrons. The fourth-order valence-electron chi connectivity index (χ4n) is 1.59. The lowest BCUT2D eigenvalue weighted by Gasteiger charge is -2.15. The summed E-state index contributed by atoms with van der Waals surface area (Å²) in [5, 5.41) is 3.22. The third-order valence-electron chi connectivity index (χ3n) is 2.70. The molecule has 0 saturated heterocycles. The lowest BCUT2D eigenvalue weighted by Crippen LogP contribution is -2.32. The lowest BCUT2D eigenvalue weighted by atomic mass is 10.3. The second kappa shape index (κ2) is 7.17. The van der Waals surface area contributed by atoms with E-state index in [1.165, 1.54) is 18.3 Å². The molecule has 1 atom stereocenters. The van der Waals surface area contributed by atoms with Crippen molar-refractivity contribution in [2.75, 3.05) is 5.32 Å². The van der Waals surface area contributed by atoms with Gasteiger partial charge in [0.1, 0.15) is 11.4 Å². The van der Waals surface area contributed by atoms with Gasteiger partial charge in [-0.1, -0.05) is 23.2 Å². The highest BCUT2D eigenvalue weighted by atomic mass is 79.9. The van der Waals surface area contributed by atoms with Gasteiger partial charge in [0, 0.05) is 16.7 Å². The molecule has 22 heavy (non-hydrogen) atoms. The number of anilines is 1. The molecule has 0 aliphatic carbocycles. The highest BCUT2D eigenvalue weighted by molar-refractivity contribution is 9.10. The van der Waals surface area contributed by atoms with Crippen molar-refractivity contribution in [3.05, 3.63) is 55.3 Å². The highest BCUT2D eigenvalue weighted by Crippen LogP contribution is 2.26. The second-order valence-electron chi connectivity index (χ2n) is 4.39. The van der Waals surface area contributed by atoms with Crippen LogP contribution in [0.25, 0.3) is 0 Å². The van der Waals surface area contributed by atoms with Crippen molar-refractivity contribution in [1.29, 1.82) is 0 Å². The molecule has 2 aromatic rings. The van der Waals surface area contributed by atoms with Gasteiger partial charge in [-0.15, -0.1) is 0 Å². The Bertz CT molecular complexity index is 764. The Kier molecular flexibility index (Phi) is 5.50. The van der Waals surface area contributed by atoms with E-state index in [4.69, 9.17) is 27.9 Å². The van der Waals surface area contributed by atoms with E-state index in [0.29, 0.717) is 20.3 Å². The number of aromatic amines is 1. The molecule has 0 aliphatic rings. The largest absolute Gasteiger partial charge is 0.481 e. The van der Waals surface area contributed by atoms with Crippen LogP contribution < -0.4 is 15.6 Å². The number of hydrogen-bond acceptors (Lipinski definition) is 3. The van der Waals surface area contributed by atoms with E-state index >= 15 is 0 Å². The van der Waals surface area contributed by atoms with Crippen LogP contribution in [-0.2, 0) is 4.79 Å². The third kappa shape index (κ3) is 4.25. The van der Waals surface area contributed by atoms with Crippen LogP contribution in [0.5, 0.6) is 5.75 Å².